The van der Waals surface area contributed by atoms with Gasteiger partial charge >= 0.3 is 0 Å². The van der Waals surface area contributed by atoms with Crippen molar-refractivity contribution in [2.75, 3.05) is 0 Å². The van der Waals surface area contributed by atoms with Crippen LogP contribution in [0.25, 0.3) is 54.3 Å². The summed E-state index contributed by atoms with van der Waals surface area (Å²) in [5.41, 5.74) is 2.02. The second-order valence-electron chi connectivity index (χ2n) is 7.13. The number of aromatic nitrogens is 1. The van der Waals surface area contributed by atoms with Gasteiger partial charge in [0.1, 0.15) is 0 Å². The molecule has 0 amide bonds. The van der Waals surface area contributed by atoms with E-state index in [0.717, 1.165) is 22.0 Å². The Labute approximate surface area is 162 Å². The molecule has 1 heterocycles. The third-order valence-electron chi connectivity index (χ3n) is 5.58. The molecule has 1 aromatic heterocycles. The highest BCUT2D eigenvalue weighted by Gasteiger charge is 2.11. The van der Waals surface area contributed by atoms with E-state index in [1.807, 2.05) is 6.20 Å². The Hall–Kier alpha value is -3.71. The van der Waals surface area contributed by atoms with Crippen LogP contribution in [-0.2, 0) is 0 Å². The Morgan fingerprint density at radius 2 is 1.07 bits per heavy atom. The topological polar surface area (TPSA) is 12.9 Å². The highest BCUT2D eigenvalue weighted by atomic mass is 14.7. The van der Waals surface area contributed by atoms with Gasteiger partial charge in [0.05, 0.1) is 5.69 Å². The molecule has 0 bridgehead atoms. The van der Waals surface area contributed by atoms with Gasteiger partial charge in [0.2, 0.25) is 0 Å². The van der Waals surface area contributed by atoms with Crippen LogP contribution in [0, 0.1) is 6.07 Å². The maximum Gasteiger partial charge on any atom is 0.0786 e. The third-order valence-corrected chi connectivity index (χ3v) is 5.58. The molecule has 0 aliphatic rings. The smallest absolute Gasteiger partial charge is 0.0786 e. The Balaban J connectivity index is 1.76. The van der Waals surface area contributed by atoms with E-state index < -0.39 is 0 Å². The summed E-state index contributed by atoms with van der Waals surface area (Å²) >= 11 is 0. The van der Waals surface area contributed by atoms with Crippen LogP contribution in [-0.4, -0.2) is 4.98 Å². The van der Waals surface area contributed by atoms with Gasteiger partial charge in [0, 0.05) is 23.2 Å². The molecule has 0 saturated carbocycles. The van der Waals surface area contributed by atoms with Gasteiger partial charge in [-0.2, -0.15) is 0 Å². The van der Waals surface area contributed by atoms with Gasteiger partial charge in [-0.25, -0.2) is 0 Å². The Morgan fingerprint density at radius 1 is 0.500 bits per heavy atom. The summed E-state index contributed by atoms with van der Waals surface area (Å²) in [5, 5.41) is 9.80. The summed E-state index contributed by atoms with van der Waals surface area (Å²) in [6, 6.07) is 35.8. The molecule has 0 spiro atoms. The molecule has 0 aliphatic heterocycles. The van der Waals surface area contributed by atoms with Crippen molar-refractivity contribution in [2.24, 2.45) is 0 Å². The minimum absolute atomic E-state index is 0.984. The van der Waals surface area contributed by atoms with Gasteiger partial charge in [-0.3, -0.25) is 4.98 Å². The second-order valence-corrected chi connectivity index (χ2v) is 7.13. The minimum Gasteiger partial charge on any atom is -0.256 e. The Morgan fingerprint density at radius 3 is 1.82 bits per heavy atom. The van der Waals surface area contributed by atoms with Gasteiger partial charge < -0.3 is 0 Å². The van der Waals surface area contributed by atoms with E-state index in [0.29, 0.717) is 0 Å². The van der Waals surface area contributed by atoms with Crippen molar-refractivity contribution in [1.82, 2.24) is 4.98 Å². The number of hydrogen-bond acceptors (Lipinski definition) is 1. The van der Waals surface area contributed by atoms with Gasteiger partial charge in [0.25, 0.3) is 0 Å². The summed E-state index contributed by atoms with van der Waals surface area (Å²) in [6.07, 6.45) is 1.88. The van der Waals surface area contributed by atoms with Crippen LogP contribution < -0.4 is 0 Å². The van der Waals surface area contributed by atoms with E-state index in [-0.39, 0.29) is 0 Å². The zero-order valence-electron chi connectivity index (χ0n) is 15.2. The van der Waals surface area contributed by atoms with E-state index >= 15 is 0 Å². The van der Waals surface area contributed by atoms with Gasteiger partial charge in [0.15, 0.2) is 0 Å². The Kier molecular flexibility index (Phi) is 3.24. The molecule has 0 aliphatic carbocycles. The molecular formula is C27H16N. The molecule has 0 saturated heterocycles. The number of nitrogens with zero attached hydrogens (tertiary/aromatic N) is 1. The molecule has 6 rings (SSSR count). The summed E-state index contributed by atoms with van der Waals surface area (Å²) < 4.78 is 0. The lowest BCUT2D eigenvalue weighted by Gasteiger charge is -2.12. The molecule has 0 N–H and O–H groups in total. The first-order chi connectivity index (χ1) is 13.9. The minimum atomic E-state index is 0.984. The van der Waals surface area contributed by atoms with E-state index in [9.17, 15) is 0 Å². The van der Waals surface area contributed by atoms with Crippen LogP contribution in [0.2, 0.25) is 0 Å². The fraction of sp³-hybridized carbons (Fsp3) is 0. The number of benzene rings is 5. The van der Waals surface area contributed by atoms with Crippen LogP contribution in [0.15, 0.2) is 97.2 Å². The van der Waals surface area contributed by atoms with Crippen LogP contribution in [0.1, 0.15) is 0 Å². The lowest BCUT2D eigenvalue weighted by molar-refractivity contribution is 1.36. The maximum atomic E-state index is 4.70. The predicted molar refractivity (Wildman–Crippen MR) is 119 cm³/mol. The molecule has 1 nitrogen and oxygen atoms in total. The highest BCUT2D eigenvalue weighted by molar-refractivity contribution is 6.25. The summed E-state index contributed by atoms with van der Waals surface area (Å²) in [7, 11) is 0. The molecule has 0 fully saturated rings. The van der Waals surface area contributed by atoms with Crippen LogP contribution >= 0.6 is 0 Å². The average molecular weight is 354 g/mol. The van der Waals surface area contributed by atoms with Crippen molar-refractivity contribution in [3.63, 3.8) is 0 Å². The quantitative estimate of drug-likeness (QED) is 0.285. The average Bonchev–Trinajstić information content (AvgIpc) is 2.78. The zero-order chi connectivity index (χ0) is 18.5. The van der Waals surface area contributed by atoms with Crippen LogP contribution in [0.4, 0.5) is 0 Å². The fourth-order valence-corrected chi connectivity index (χ4v) is 4.29. The Bertz CT molecular complexity index is 1470. The molecule has 129 valence electrons. The third kappa shape index (κ3) is 2.17. The van der Waals surface area contributed by atoms with Crippen molar-refractivity contribution in [2.45, 2.75) is 0 Å². The lowest BCUT2D eigenvalue weighted by Crippen LogP contribution is -1.88. The van der Waals surface area contributed by atoms with Crippen LogP contribution in [0.3, 0.4) is 0 Å². The second kappa shape index (κ2) is 5.90. The predicted octanol–water partition coefficient (Wildman–Crippen LogP) is 7.16. The van der Waals surface area contributed by atoms with Crippen LogP contribution in [0.5, 0.6) is 0 Å². The van der Waals surface area contributed by atoms with Crippen molar-refractivity contribution in [1.29, 1.82) is 0 Å². The number of fused-ring (bicyclic) bond motifs is 7. The van der Waals surface area contributed by atoms with Gasteiger partial charge in [-0.05, 0) is 43.8 Å². The lowest BCUT2D eigenvalue weighted by atomic mass is 9.92. The largest absolute Gasteiger partial charge is 0.256 e. The summed E-state index contributed by atoms with van der Waals surface area (Å²) in [6.45, 7) is 0. The summed E-state index contributed by atoms with van der Waals surface area (Å²) in [5.74, 6) is 0. The SMILES string of the molecule is [c]1c(-c2nccc3ccccc23)ccc2c1c1ccccc1c1ccccc21. The molecule has 6 aromatic rings. The fourth-order valence-electron chi connectivity index (χ4n) is 4.29. The number of hydrogen-bond donors (Lipinski definition) is 0. The molecule has 0 unspecified atom stereocenters. The van der Waals surface area contributed by atoms with Crippen molar-refractivity contribution in [3.05, 3.63) is 103 Å². The molecule has 1 radical (unpaired) electrons. The molecule has 28 heavy (non-hydrogen) atoms. The van der Waals surface area contributed by atoms with Crippen molar-refractivity contribution in [3.8, 4) is 11.3 Å². The molecule has 1 heteroatoms. The molecule has 0 atom stereocenters. The number of pyridine rings is 1. The van der Waals surface area contributed by atoms with Crippen molar-refractivity contribution < 1.29 is 0 Å². The first-order valence-corrected chi connectivity index (χ1v) is 9.50. The van der Waals surface area contributed by atoms with E-state index in [4.69, 9.17) is 4.98 Å². The normalized spacial score (nSPS) is 11.6. The number of rotatable bonds is 1. The van der Waals surface area contributed by atoms with Gasteiger partial charge in [-0.15, -0.1) is 0 Å². The summed E-state index contributed by atoms with van der Waals surface area (Å²) in [4.78, 5) is 4.70. The zero-order valence-corrected chi connectivity index (χ0v) is 15.2. The van der Waals surface area contributed by atoms with Crippen molar-refractivity contribution >= 4 is 43.1 Å². The highest BCUT2D eigenvalue weighted by Crippen LogP contribution is 2.37. The monoisotopic (exact) mass is 354 g/mol. The van der Waals surface area contributed by atoms with E-state index in [1.165, 1.54) is 32.3 Å². The van der Waals surface area contributed by atoms with E-state index in [2.05, 4.69) is 97.1 Å². The first kappa shape index (κ1) is 15.4. The van der Waals surface area contributed by atoms with E-state index in [1.54, 1.807) is 0 Å². The molecule has 5 aromatic carbocycles. The first-order valence-electron chi connectivity index (χ1n) is 9.50. The standard InChI is InChI=1S/C27H16N/c1-2-8-20-18(7-1)15-16-28-27(20)19-13-14-25-23-11-4-3-9-21(23)22-10-5-6-12-24(22)26(25)17-19/h1-16H. The maximum absolute atomic E-state index is 4.70. The van der Waals surface area contributed by atoms with Gasteiger partial charge in [-0.1, -0.05) is 84.9 Å². The molecular weight excluding hydrogens is 338 g/mol.